The smallest absolute Gasteiger partial charge is 0.355 e. The molecule has 7 nitrogen and oxygen atoms in total. The number of alkyl halides is 2. The molecule has 0 atom stereocenters. The number of nitrogens with one attached hydrogen (secondary N) is 2. The van der Waals surface area contributed by atoms with Gasteiger partial charge >= 0.3 is 5.97 Å². The SMILES string of the molecule is CCOC(=O)c1[nH]c2c(-c3c(CC(F)F)n[nH]c3CO)cccc2c1CCCOc1cccc2ccccc12. The van der Waals surface area contributed by atoms with E-state index in [0.717, 1.165) is 27.5 Å². The second-order valence-electron chi connectivity index (χ2n) is 9.13. The summed E-state index contributed by atoms with van der Waals surface area (Å²) >= 11 is 0. The fourth-order valence-corrected chi connectivity index (χ4v) is 5.02. The van der Waals surface area contributed by atoms with Crippen molar-refractivity contribution in [3.8, 4) is 16.9 Å². The van der Waals surface area contributed by atoms with Crippen LogP contribution in [0.3, 0.4) is 0 Å². The Bertz CT molecular complexity index is 1600. The van der Waals surface area contributed by atoms with E-state index >= 15 is 0 Å². The standard InChI is InChI=1S/C30H29F2N3O4/c1-2-38-30(37)29-21(13-7-15-39-25-14-5-9-18-8-3-4-10-19(18)25)20-11-6-12-22(28(20)33-29)27-23(16-26(31)32)34-35-24(27)17-36/h3-6,8-12,14,26,33,36H,2,7,13,15-17H2,1H3,(H,34,35). The Morgan fingerprint density at radius 3 is 2.62 bits per heavy atom. The van der Waals surface area contributed by atoms with Crippen LogP contribution in [0, 0.1) is 0 Å². The fraction of sp³-hybridized carbons (Fsp3) is 0.267. The summed E-state index contributed by atoms with van der Waals surface area (Å²) in [6.45, 7) is 1.97. The maximum Gasteiger partial charge on any atom is 0.355 e. The molecule has 39 heavy (non-hydrogen) atoms. The third kappa shape index (κ3) is 5.35. The number of esters is 1. The van der Waals surface area contributed by atoms with E-state index in [1.54, 1.807) is 19.1 Å². The van der Waals surface area contributed by atoms with Crippen LogP contribution in [0.15, 0.2) is 60.7 Å². The summed E-state index contributed by atoms with van der Waals surface area (Å²) in [6, 6.07) is 19.4. The zero-order valence-electron chi connectivity index (χ0n) is 21.5. The first-order chi connectivity index (χ1) is 19.0. The number of benzene rings is 3. The van der Waals surface area contributed by atoms with E-state index in [-0.39, 0.29) is 12.3 Å². The summed E-state index contributed by atoms with van der Waals surface area (Å²) in [7, 11) is 0. The summed E-state index contributed by atoms with van der Waals surface area (Å²) in [5.41, 5.74) is 3.13. The number of fused-ring (bicyclic) bond motifs is 2. The summed E-state index contributed by atoms with van der Waals surface area (Å²) in [6.07, 6.45) is -2.03. The third-order valence-electron chi connectivity index (χ3n) is 6.69. The normalized spacial score (nSPS) is 11.5. The van der Waals surface area contributed by atoms with Crippen LogP contribution < -0.4 is 4.74 Å². The summed E-state index contributed by atoms with van der Waals surface area (Å²) < 4.78 is 38.0. The zero-order valence-corrected chi connectivity index (χ0v) is 21.5. The van der Waals surface area contributed by atoms with Crippen LogP contribution in [0.4, 0.5) is 8.78 Å². The molecule has 0 saturated heterocycles. The van der Waals surface area contributed by atoms with Crippen LogP contribution in [0.5, 0.6) is 5.75 Å². The number of para-hydroxylation sites is 1. The molecule has 0 radical (unpaired) electrons. The number of nitrogens with zero attached hydrogens (tertiary/aromatic N) is 1. The number of aliphatic hydroxyl groups excluding tert-OH is 1. The molecule has 9 heteroatoms. The maximum atomic E-state index is 13.3. The molecular weight excluding hydrogens is 504 g/mol. The van der Waals surface area contributed by atoms with Gasteiger partial charge < -0.3 is 19.6 Å². The maximum absolute atomic E-state index is 13.3. The Labute approximate surface area is 223 Å². The third-order valence-corrected chi connectivity index (χ3v) is 6.69. The Morgan fingerprint density at radius 1 is 1.05 bits per heavy atom. The summed E-state index contributed by atoms with van der Waals surface area (Å²) in [5, 5.41) is 19.5. The molecule has 0 fully saturated rings. The molecule has 5 rings (SSSR count). The number of rotatable bonds is 11. The van der Waals surface area contributed by atoms with Crippen LogP contribution in [0.2, 0.25) is 0 Å². The summed E-state index contributed by atoms with van der Waals surface area (Å²) in [5.74, 6) is 0.301. The molecule has 0 amide bonds. The monoisotopic (exact) mass is 533 g/mol. The average Bonchev–Trinajstić information content (AvgIpc) is 3.52. The van der Waals surface area contributed by atoms with Crippen LogP contribution in [0.25, 0.3) is 32.8 Å². The van der Waals surface area contributed by atoms with Crippen LogP contribution in [-0.2, 0) is 24.2 Å². The minimum Gasteiger partial charge on any atom is -0.493 e. The van der Waals surface area contributed by atoms with Gasteiger partial charge in [-0.1, -0.05) is 54.6 Å². The lowest BCUT2D eigenvalue weighted by Gasteiger charge is -2.10. The Morgan fingerprint density at radius 2 is 1.82 bits per heavy atom. The number of aromatic amines is 2. The molecule has 3 aromatic carbocycles. The highest BCUT2D eigenvalue weighted by molar-refractivity contribution is 6.04. The molecule has 0 saturated carbocycles. The van der Waals surface area contributed by atoms with E-state index in [4.69, 9.17) is 9.47 Å². The van der Waals surface area contributed by atoms with Crippen molar-refractivity contribution in [1.82, 2.24) is 15.2 Å². The van der Waals surface area contributed by atoms with Gasteiger partial charge in [0, 0.05) is 21.9 Å². The number of carbonyl (C=O) groups excluding carboxylic acids is 1. The van der Waals surface area contributed by atoms with Gasteiger partial charge in [0.2, 0.25) is 6.43 Å². The van der Waals surface area contributed by atoms with Crippen molar-refractivity contribution in [3.63, 3.8) is 0 Å². The highest BCUT2D eigenvalue weighted by atomic mass is 19.3. The number of halogens is 2. The lowest BCUT2D eigenvalue weighted by Crippen LogP contribution is -2.09. The first kappa shape index (κ1) is 26.4. The van der Waals surface area contributed by atoms with Gasteiger partial charge in [0.15, 0.2) is 0 Å². The van der Waals surface area contributed by atoms with Crippen LogP contribution >= 0.6 is 0 Å². The van der Waals surface area contributed by atoms with Gasteiger partial charge in [0.1, 0.15) is 11.4 Å². The second-order valence-corrected chi connectivity index (χ2v) is 9.13. The predicted octanol–water partition coefficient (Wildman–Crippen LogP) is 6.20. The topological polar surface area (TPSA) is 100 Å². The van der Waals surface area contributed by atoms with Gasteiger partial charge in [-0.3, -0.25) is 5.10 Å². The van der Waals surface area contributed by atoms with E-state index in [1.165, 1.54) is 0 Å². The van der Waals surface area contributed by atoms with Crippen molar-refractivity contribution in [3.05, 3.63) is 83.3 Å². The number of hydrogen-bond acceptors (Lipinski definition) is 5. The number of aryl methyl sites for hydroxylation is 1. The molecule has 3 N–H and O–H groups in total. The van der Waals surface area contributed by atoms with Crippen molar-refractivity contribution in [2.75, 3.05) is 13.2 Å². The van der Waals surface area contributed by atoms with Crippen molar-refractivity contribution in [2.45, 2.75) is 39.2 Å². The molecule has 0 spiro atoms. The Balaban J connectivity index is 1.48. The quantitative estimate of drug-likeness (QED) is 0.139. The fourth-order valence-electron chi connectivity index (χ4n) is 5.02. The molecule has 2 aromatic heterocycles. The minimum absolute atomic E-state index is 0.152. The molecule has 2 heterocycles. The first-order valence-corrected chi connectivity index (χ1v) is 12.9. The highest BCUT2D eigenvalue weighted by Crippen LogP contribution is 2.36. The molecule has 0 aliphatic heterocycles. The molecule has 0 unspecified atom stereocenters. The van der Waals surface area contributed by atoms with Gasteiger partial charge in [-0.05, 0) is 36.8 Å². The molecule has 0 aliphatic carbocycles. The van der Waals surface area contributed by atoms with Crippen molar-refractivity contribution in [2.24, 2.45) is 0 Å². The van der Waals surface area contributed by atoms with E-state index in [2.05, 4.69) is 15.2 Å². The van der Waals surface area contributed by atoms with Gasteiger partial charge in [-0.25, -0.2) is 13.6 Å². The van der Waals surface area contributed by atoms with E-state index in [0.29, 0.717) is 47.5 Å². The molecule has 202 valence electrons. The number of carbonyl (C=O) groups is 1. The van der Waals surface area contributed by atoms with E-state index < -0.39 is 25.4 Å². The second kappa shape index (κ2) is 11.7. The van der Waals surface area contributed by atoms with Crippen molar-refractivity contribution in [1.29, 1.82) is 0 Å². The predicted molar refractivity (Wildman–Crippen MR) is 145 cm³/mol. The molecule has 5 aromatic rings. The number of hydrogen-bond donors (Lipinski definition) is 3. The number of aromatic nitrogens is 3. The average molecular weight is 534 g/mol. The number of ether oxygens (including phenoxy) is 2. The van der Waals surface area contributed by atoms with Gasteiger partial charge in [-0.15, -0.1) is 0 Å². The minimum atomic E-state index is -2.60. The van der Waals surface area contributed by atoms with Crippen LogP contribution in [-0.4, -0.2) is 45.9 Å². The molecular formula is C30H29F2N3O4. The van der Waals surface area contributed by atoms with Gasteiger partial charge in [-0.2, -0.15) is 5.10 Å². The first-order valence-electron chi connectivity index (χ1n) is 12.9. The number of aliphatic hydroxyl groups is 1. The van der Waals surface area contributed by atoms with E-state index in [9.17, 15) is 18.7 Å². The Kier molecular flexibility index (Phi) is 7.88. The van der Waals surface area contributed by atoms with Gasteiger partial charge in [0.05, 0.1) is 43.1 Å². The number of H-pyrrole nitrogens is 2. The lowest BCUT2D eigenvalue weighted by atomic mass is 9.97. The molecule has 0 bridgehead atoms. The zero-order chi connectivity index (χ0) is 27.4. The lowest BCUT2D eigenvalue weighted by molar-refractivity contribution is 0.0519. The Hall–Kier alpha value is -4.24. The van der Waals surface area contributed by atoms with Crippen molar-refractivity contribution >= 4 is 27.6 Å². The van der Waals surface area contributed by atoms with Crippen molar-refractivity contribution < 1.29 is 28.2 Å². The highest BCUT2D eigenvalue weighted by Gasteiger charge is 2.24. The summed E-state index contributed by atoms with van der Waals surface area (Å²) in [4.78, 5) is 16.1. The van der Waals surface area contributed by atoms with Crippen LogP contribution in [0.1, 0.15) is 40.8 Å². The molecule has 0 aliphatic rings. The largest absolute Gasteiger partial charge is 0.493 e. The van der Waals surface area contributed by atoms with E-state index in [1.807, 2.05) is 48.5 Å². The van der Waals surface area contributed by atoms with Gasteiger partial charge in [0.25, 0.3) is 0 Å².